The fraction of sp³-hybridized carbons (Fsp3) is 0.619. The first-order valence-electron chi connectivity index (χ1n) is 10.6. The van der Waals surface area contributed by atoms with Crippen molar-refractivity contribution in [2.45, 2.75) is 62.7 Å². The van der Waals surface area contributed by atoms with Crippen molar-refractivity contribution < 1.29 is 19.2 Å². The van der Waals surface area contributed by atoms with Crippen molar-refractivity contribution in [3.8, 4) is 11.4 Å². The van der Waals surface area contributed by atoms with Gasteiger partial charge in [0.1, 0.15) is 6.10 Å². The van der Waals surface area contributed by atoms with Gasteiger partial charge in [-0.05, 0) is 57.8 Å². The van der Waals surface area contributed by atoms with E-state index in [0.29, 0.717) is 44.0 Å². The van der Waals surface area contributed by atoms with E-state index in [9.17, 15) is 9.90 Å². The molecular weight excluding hydrogens is 422 g/mol. The van der Waals surface area contributed by atoms with Crippen molar-refractivity contribution >= 4 is 18.3 Å². The minimum atomic E-state index is -0.733. The Morgan fingerprint density at radius 1 is 1.29 bits per heavy atom. The first-order valence-corrected chi connectivity index (χ1v) is 10.6. The molecule has 2 atom stereocenters. The minimum Gasteiger partial charge on any atom is -0.388 e. The first kappa shape index (κ1) is 23.6. The number of amides is 1. The number of rotatable bonds is 6. The van der Waals surface area contributed by atoms with Crippen LogP contribution in [0.2, 0.25) is 0 Å². The lowest BCUT2D eigenvalue weighted by Gasteiger charge is -2.52. The smallest absolute Gasteiger partial charge is 0.226 e. The number of piperidine rings is 1. The van der Waals surface area contributed by atoms with Gasteiger partial charge < -0.3 is 25.0 Å². The number of nitrogens with zero attached hydrogens (tertiary/aromatic N) is 3. The molecule has 1 spiro atoms. The average molecular weight is 452 g/mol. The van der Waals surface area contributed by atoms with Crippen LogP contribution in [0.15, 0.2) is 29.0 Å². The Hall–Kier alpha value is -2.07. The van der Waals surface area contributed by atoms with Crippen molar-refractivity contribution in [1.29, 1.82) is 0 Å². The van der Waals surface area contributed by atoms with Crippen LogP contribution >= 0.6 is 12.4 Å². The van der Waals surface area contributed by atoms with Gasteiger partial charge in [0.25, 0.3) is 0 Å². The molecule has 0 bridgehead atoms. The zero-order valence-corrected chi connectivity index (χ0v) is 18.5. The predicted octanol–water partition coefficient (Wildman–Crippen LogP) is 1.65. The number of ether oxygens (including phenoxy) is 1. The summed E-state index contributed by atoms with van der Waals surface area (Å²) >= 11 is 0. The Bertz CT molecular complexity index is 853. The molecule has 0 unspecified atom stereocenters. The van der Waals surface area contributed by atoms with Crippen LogP contribution in [0.1, 0.15) is 44.9 Å². The third-order valence-corrected chi connectivity index (χ3v) is 6.19. The molecule has 170 valence electrons. The van der Waals surface area contributed by atoms with Gasteiger partial charge in [0.15, 0.2) is 0 Å². The Labute approximate surface area is 187 Å². The molecule has 0 radical (unpaired) electrons. The molecule has 4 rings (SSSR count). The summed E-state index contributed by atoms with van der Waals surface area (Å²) in [5, 5.41) is 21.4. The van der Waals surface area contributed by atoms with E-state index >= 15 is 0 Å². The zero-order chi connectivity index (χ0) is 21.0. The van der Waals surface area contributed by atoms with Crippen molar-refractivity contribution in [2.24, 2.45) is 0 Å². The summed E-state index contributed by atoms with van der Waals surface area (Å²) in [6.07, 6.45) is 6.13. The van der Waals surface area contributed by atoms with E-state index in [2.05, 4.69) is 25.8 Å². The second-order valence-electron chi connectivity index (χ2n) is 8.38. The zero-order valence-electron chi connectivity index (χ0n) is 17.7. The summed E-state index contributed by atoms with van der Waals surface area (Å²) in [5.41, 5.74) is -0.421. The molecule has 10 heteroatoms. The van der Waals surface area contributed by atoms with Crippen LogP contribution in [-0.2, 0) is 16.0 Å². The highest BCUT2D eigenvalue weighted by Crippen LogP contribution is 2.38. The van der Waals surface area contributed by atoms with Gasteiger partial charge in [-0.2, -0.15) is 4.98 Å². The molecule has 9 nitrogen and oxygen atoms in total. The maximum absolute atomic E-state index is 12.6. The van der Waals surface area contributed by atoms with Crippen molar-refractivity contribution in [3.63, 3.8) is 0 Å². The second-order valence-corrected chi connectivity index (χ2v) is 8.38. The number of halogens is 1. The Kier molecular flexibility index (Phi) is 7.64. The lowest BCUT2D eigenvalue weighted by molar-refractivity contribution is -0.200. The summed E-state index contributed by atoms with van der Waals surface area (Å²) in [4.78, 5) is 21.0. The molecule has 1 amide bonds. The quantitative estimate of drug-likeness (QED) is 0.606. The molecule has 2 saturated heterocycles. The lowest BCUT2D eigenvalue weighted by atomic mass is 9.73. The fourth-order valence-electron chi connectivity index (χ4n) is 4.42. The number of aryl methyl sites for hydroxylation is 1. The molecule has 2 fully saturated rings. The average Bonchev–Trinajstić information content (AvgIpc) is 3.22. The number of aliphatic hydroxyl groups is 1. The molecule has 2 aliphatic heterocycles. The van der Waals surface area contributed by atoms with Gasteiger partial charge in [0, 0.05) is 37.4 Å². The Morgan fingerprint density at radius 3 is 2.77 bits per heavy atom. The summed E-state index contributed by atoms with van der Waals surface area (Å²) in [5.74, 6) is 0.930. The number of hydrogen-bond acceptors (Lipinski definition) is 8. The van der Waals surface area contributed by atoms with Gasteiger partial charge in [-0.1, -0.05) is 5.16 Å². The van der Waals surface area contributed by atoms with E-state index < -0.39 is 17.2 Å². The summed E-state index contributed by atoms with van der Waals surface area (Å²) in [6, 6.07) is 3.63. The highest BCUT2D eigenvalue weighted by molar-refractivity contribution is 5.85. The molecule has 3 N–H and O–H groups in total. The minimum absolute atomic E-state index is 0. The van der Waals surface area contributed by atoms with E-state index in [1.807, 2.05) is 19.1 Å². The Balaban J connectivity index is 0.00000272. The topological polar surface area (TPSA) is 122 Å². The van der Waals surface area contributed by atoms with Gasteiger partial charge in [-0.25, -0.2) is 0 Å². The van der Waals surface area contributed by atoms with Crippen LogP contribution in [0.25, 0.3) is 11.4 Å². The van der Waals surface area contributed by atoms with E-state index in [1.54, 1.807) is 12.4 Å². The molecule has 0 aromatic carbocycles. The van der Waals surface area contributed by atoms with Crippen LogP contribution in [0.5, 0.6) is 0 Å². The van der Waals surface area contributed by atoms with Crippen LogP contribution in [-0.4, -0.2) is 63.1 Å². The van der Waals surface area contributed by atoms with Gasteiger partial charge in [0.05, 0.1) is 11.1 Å². The van der Waals surface area contributed by atoms with E-state index in [4.69, 9.17) is 9.26 Å². The number of aliphatic hydroxyl groups excluding tert-OH is 1. The predicted molar refractivity (Wildman–Crippen MR) is 116 cm³/mol. The lowest BCUT2D eigenvalue weighted by Crippen LogP contribution is -2.69. The summed E-state index contributed by atoms with van der Waals surface area (Å²) in [6.45, 7) is 4.08. The number of carbonyl (C=O) groups excluding carboxylic acids is 1. The monoisotopic (exact) mass is 451 g/mol. The normalized spacial score (nSPS) is 25.0. The van der Waals surface area contributed by atoms with Crippen molar-refractivity contribution in [1.82, 2.24) is 25.8 Å². The Morgan fingerprint density at radius 2 is 2.03 bits per heavy atom. The molecule has 0 aliphatic carbocycles. The highest BCUT2D eigenvalue weighted by atomic mass is 35.5. The number of nitrogens with one attached hydrogen (secondary N) is 2. The SMILES string of the molecule is C[C@@]1(NC(=O)CCCc2nc(-c3ccncc3)no2)CCOC2(CCNCC2)[C@H]1O.Cl. The van der Waals surface area contributed by atoms with Crippen LogP contribution in [0.4, 0.5) is 0 Å². The summed E-state index contributed by atoms with van der Waals surface area (Å²) < 4.78 is 11.3. The van der Waals surface area contributed by atoms with Crippen LogP contribution in [0, 0.1) is 0 Å². The van der Waals surface area contributed by atoms with Crippen molar-refractivity contribution in [3.05, 3.63) is 30.4 Å². The van der Waals surface area contributed by atoms with E-state index in [-0.39, 0.29) is 18.3 Å². The van der Waals surface area contributed by atoms with Gasteiger partial charge >= 0.3 is 0 Å². The molecular formula is C21H30ClN5O4. The van der Waals surface area contributed by atoms with E-state index in [0.717, 1.165) is 31.5 Å². The standard InChI is InChI=1S/C21H29N5O4.ClH/c1-20(9-14-29-21(19(20)28)7-12-23-13-8-21)25-16(27)3-2-4-17-24-18(26-30-17)15-5-10-22-11-6-15;/h5-6,10-11,19,23,28H,2-4,7-9,12-14H2,1H3,(H,25,27);1H/t19-,20+;/m0./s1. The van der Waals surface area contributed by atoms with Crippen LogP contribution < -0.4 is 10.6 Å². The highest BCUT2D eigenvalue weighted by Gasteiger charge is 2.52. The summed E-state index contributed by atoms with van der Waals surface area (Å²) in [7, 11) is 0. The maximum Gasteiger partial charge on any atom is 0.226 e. The van der Waals surface area contributed by atoms with Gasteiger partial charge in [0.2, 0.25) is 17.6 Å². The maximum atomic E-state index is 12.6. The third-order valence-electron chi connectivity index (χ3n) is 6.19. The second kappa shape index (κ2) is 10.0. The number of carbonyl (C=O) groups is 1. The molecule has 2 aromatic heterocycles. The molecule has 0 saturated carbocycles. The van der Waals surface area contributed by atoms with E-state index in [1.165, 1.54) is 0 Å². The third kappa shape index (κ3) is 5.23. The van der Waals surface area contributed by atoms with Crippen LogP contribution in [0.3, 0.4) is 0 Å². The number of hydrogen-bond donors (Lipinski definition) is 3. The number of aromatic nitrogens is 3. The fourth-order valence-corrected chi connectivity index (χ4v) is 4.42. The van der Waals surface area contributed by atoms with Gasteiger partial charge in [-0.15, -0.1) is 12.4 Å². The molecule has 31 heavy (non-hydrogen) atoms. The molecule has 4 heterocycles. The molecule has 2 aliphatic rings. The largest absolute Gasteiger partial charge is 0.388 e. The van der Waals surface area contributed by atoms with Gasteiger partial charge in [-0.3, -0.25) is 9.78 Å². The van der Waals surface area contributed by atoms with Crippen molar-refractivity contribution in [2.75, 3.05) is 19.7 Å². The first-order chi connectivity index (χ1) is 14.5. The number of pyridine rings is 1. The molecule has 2 aromatic rings.